The fourth-order valence-corrected chi connectivity index (χ4v) is 3.95. The van der Waals surface area contributed by atoms with E-state index in [-0.39, 0.29) is 5.91 Å². The number of anilines is 1. The second-order valence-electron chi connectivity index (χ2n) is 7.75. The first-order chi connectivity index (χ1) is 15.9. The van der Waals surface area contributed by atoms with Gasteiger partial charge in [0.05, 0.1) is 23.0 Å². The van der Waals surface area contributed by atoms with Crippen LogP contribution in [0.2, 0.25) is 0 Å². The third kappa shape index (κ3) is 3.80. The molecule has 1 N–H and O–H groups in total. The summed E-state index contributed by atoms with van der Waals surface area (Å²) in [5.41, 5.74) is 5.20. The van der Waals surface area contributed by atoms with E-state index >= 15 is 0 Å². The van der Waals surface area contributed by atoms with Gasteiger partial charge >= 0.3 is 0 Å². The van der Waals surface area contributed by atoms with Crippen molar-refractivity contribution in [2.75, 3.05) is 5.32 Å². The highest BCUT2D eigenvalue weighted by molar-refractivity contribution is 9.10. The summed E-state index contributed by atoms with van der Waals surface area (Å²) in [5.74, 6) is 0.815. The van der Waals surface area contributed by atoms with Crippen molar-refractivity contribution < 1.29 is 4.79 Å². The number of halogens is 1. The summed E-state index contributed by atoms with van der Waals surface area (Å²) in [5, 5.41) is 12.8. The minimum Gasteiger partial charge on any atom is -0.306 e. The largest absolute Gasteiger partial charge is 0.306 e. The standard InChI is InChI=1S/C24H20BrN7O/c1-14-5-4-6-20(16(14)3)31-22-19(12-28-31)23(27-13-26-22)32-21(11-15(2)30-32)29-24(33)17-7-9-18(25)10-8-17/h4-13H,1-3H3,(H,29,33). The molecule has 0 aliphatic carbocycles. The smallest absolute Gasteiger partial charge is 0.256 e. The summed E-state index contributed by atoms with van der Waals surface area (Å²) >= 11 is 3.39. The summed E-state index contributed by atoms with van der Waals surface area (Å²) in [4.78, 5) is 21.8. The molecule has 0 bridgehead atoms. The lowest BCUT2D eigenvalue weighted by atomic mass is 10.1. The minimum absolute atomic E-state index is 0.236. The molecule has 3 aromatic heterocycles. The molecule has 164 valence electrons. The number of amides is 1. The zero-order valence-corrected chi connectivity index (χ0v) is 19.8. The maximum atomic E-state index is 12.8. The van der Waals surface area contributed by atoms with Crippen molar-refractivity contribution in [3.63, 3.8) is 0 Å². The average Bonchev–Trinajstić information content (AvgIpc) is 3.39. The van der Waals surface area contributed by atoms with Gasteiger partial charge in [-0.05, 0) is 62.2 Å². The van der Waals surface area contributed by atoms with Gasteiger partial charge in [0, 0.05) is 16.1 Å². The lowest BCUT2D eigenvalue weighted by Crippen LogP contribution is -2.15. The van der Waals surface area contributed by atoms with Gasteiger partial charge in [-0.3, -0.25) is 4.79 Å². The van der Waals surface area contributed by atoms with Gasteiger partial charge in [-0.15, -0.1) is 0 Å². The Morgan fingerprint density at radius 2 is 1.79 bits per heavy atom. The molecule has 0 radical (unpaired) electrons. The number of nitrogens with one attached hydrogen (secondary N) is 1. The number of rotatable bonds is 4. The third-order valence-electron chi connectivity index (χ3n) is 5.53. The number of carbonyl (C=O) groups excluding carboxylic acids is 1. The molecule has 2 aromatic carbocycles. The molecule has 3 heterocycles. The Labute approximate surface area is 198 Å². The molecule has 5 aromatic rings. The first kappa shape index (κ1) is 21.0. The monoisotopic (exact) mass is 501 g/mol. The normalized spacial score (nSPS) is 11.2. The Kier molecular flexibility index (Phi) is 5.26. The molecule has 0 unspecified atom stereocenters. The Balaban J connectivity index is 1.58. The van der Waals surface area contributed by atoms with Crippen molar-refractivity contribution >= 4 is 38.7 Å². The van der Waals surface area contributed by atoms with Gasteiger partial charge in [-0.2, -0.15) is 14.9 Å². The van der Waals surface area contributed by atoms with Gasteiger partial charge in [0.1, 0.15) is 12.1 Å². The van der Waals surface area contributed by atoms with Crippen molar-refractivity contribution in [1.29, 1.82) is 0 Å². The topological polar surface area (TPSA) is 90.5 Å². The molecule has 9 heteroatoms. The molecule has 0 fully saturated rings. The predicted octanol–water partition coefficient (Wildman–Crippen LogP) is 4.94. The lowest BCUT2D eigenvalue weighted by Gasteiger charge is -2.11. The molecule has 5 rings (SSSR count). The molecule has 0 spiro atoms. The van der Waals surface area contributed by atoms with E-state index in [4.69, 9.17) is 0 Å². The van der Waals surface area contributed by atoms with Gasteiger partial charge in [-0.1, -0.05) is 28.1 Å². The van der Waals surface area contributed by atoms with Crippen LogP contribution in [0.15, 0.2) is 65.5 Å². The van der Waals surface area contributed by atoms with Gasteiger partial charge in [0.2, 0.25) is 0 Å². The molecular weight excluding hydrogens is 482 g/mol. The molecule has 8 nitrogen and oxygen atoms in total. The quantitative estimate of drug-likeness (QED) is 0.376. The zero-order valence-electron chi connectivity index (χ0n) is 18.2. The highest BCUT2D eigenvalue weighted by Crippen LogP contribution is 2.26. The van der Waals surface area contributed by atoms with Gasteiger partial charge in [0.25, 0.3) is 5.91 Å². The van der Waals surface area contributed by atoms with E-state index in [0.29, 0.717) is 22.8 Å². The highest BCUT2D eigenvalue weighted by atomic mass is 79.9. The Morgan fingerprint density at radius 3 is 2.58 bits per heavy atom. The minimum atomic E-state index is -0.236. The van der Waals surface area contributed by atoms with Crippen LogP contribution in [0.1, 0.15) is 27.2 Å². The number of fused-ring (bicyclic) bond motifs is 1. The van der Waals surface area contributed by atoms with Crippen molar-refractivity contribution in [3.8, 4) is 11.5 Å². The van der Waals surface area contributed by atoms with E-state index < -0.39 is 0 Å². The lowest BCUT2D eigenvalue weighted by molar-refractivity contribution is 0.102. The van der Waals surface area contributed by atoms with Crippen LogP contribution in [0.4, 0.5) is 5.82 Å². The number of hydrogen-bond acceptors (Lipinski definition) is 5. The number of aromatic nitrogens is 6. The number of nitrogens with zero attached hydrogens (tertiary/aromatic N) is 6. The first-order valence-electron chi connectivity index (χ1n) is 10.3. The van der Waals surface area contributed by atoms with Crippen molar-refractivity contribution in [2.24, 2.45) is 0 Å². The van der Waals surface area contributed by atoms with Crippen LogP contribution in [0.5, 0.6) is 0 Å². The van der Waals surface area contributed by atoms with Crippen LogP contribution in [0, 0.1) is 20.8 Å². The van der Waals surface area contributed by atoms with Crippen LogP contribution in [0.3, 0.4) is 0 Å². The molecule has 0 saturated carbocycles. The molecule has 0 atom stereocenters. The molecule has 0 aliphatic heterocycles. The number of aryl methyl sites for hydroxylation is 2. The SMILES string of the molecule is Cc1cc(NC(=O)c2ccc(Br)cc2)n(-c2ncnc3c2cnn3-c2cccc(C)c2C)n1. The van der Waals surface area contributed by atoms with E-state index in [9.17, 15) is 4.79 Å². The fourth-order valence-electron chi connectivity index (χ4n) is 3.68. The maximum Gasteiger partial charge on any atom is 0.256 e. The van der Waals surface area contributed by atoms with Gasteiger partial charge in [0.15, 0.2) is 11.5 Å². The van der Waals surface area contributed by atoms with Gasteiger partial charge < -0.3 is 5.32 Å². The second-order valence-corrected chi connectivity index (χ2v) is 8.67. The summed E-state index contributed by atoms with van der Waals surface area (Å²) in [6, 6.07) is 15.0. The van der Waals surface area contributed by atoms with Crippen molar-refractivity contribution in [1.82, 2.24) is 29.5 Å². The number of carbonyl (C=O) groups is 1. The Morgan fingerprint density at radius 1 is 1.00 bits per heavy atom. The molecule has 1 amide bonds. The van der Waals surface area contributed by atoms with Crippen molar-refractivity contribution in [3.05, 3.63) is 87.9 Å². The first-order valence-corrected chi connectivity index (χ1v) is 11.1. The van der Waals surface area contributed by atoms with E-state index in [2.05, 4.69) is 61.3 Å². The van der Waals surface area contributed by atoms with E-state index in [0.717, 1.165) is 26.8 Å². The van der Waals surface area contributed by atoms with E-state index in [1.54, 1.807) is 33.8 Å². The fraction of sp³-hybridized carbons (Fsp3) is 0.125. The van der Waals surface area contributed by atoms with E-state index in [1.807, 2.05) is 31.2 Å². The summed E-state index contributed by atoms with van der Waals surface area (Å²) < 4.78 is 4.33. The summed E-state index contributed by atoms with van der Waals surface area (Å²) in [6.07, 6.45) is 3.21. The summed E-state index contributed by atoms with van der Waals surface area (Å²) in [6.45, 7) is 5.99. The maximum absolute atomic E-state index is 12.8. The van der Waals surface area contributed by atoms with Crippen LogP contribution in [0.25, 0.3) is 22.5 Å². The number of benzene rings is 2. The van der Waals surface area contributed by atoms with Crippen LogP contribution < -0.4 is 5.32 Å². The highest BCUT2D eigenvalue weighted by Gasteiger charge is 2.18. The third-order valence-corrected chi connectivity index (χ3v) is 6.06. The van der Waals surface area contributed by atoms with Crippen LogP contribution in [-0.2, 0) is 0 Å². The van der Waals surface area contributed by atoms with Crippen LogP contribution >= 0.6 is 15.9 Å². The predicted molar refractivity (Wildman–Crippen MR) is 130 cm³/mol. The van der Waals surface area contributed by atoms with Crippen molar-refractivity contribution in [2.45, 2.75) is 20.8 Å². The molecule has 33 heavy (non-hydrogen) atoms. The Hall–Kier alpha value is -3.85. The summed E-state index contributed by atoms with van der Waals surface area (Å²) in [7, 11) is 0. The number of hydrogen-bond donors (Lipinski definition) is 1. The molecule has 0 saturated heterocycles. The van der Waals surface area contributed by atoms with Gasteiger partial charge in [-0.25, -0.2) is 14.6 Å². The zero-order chi connectivity index (χ0) is 23.1. The molecule has 0 aliphatic rings. The second kappa shape index (κ2) is 8.25. The molecular formula is C24H20BrN7O. The average molecular weight is 502 g/mol. The Bertz CT molecular complexity index is 1500. The van der Waals surface area contributed by atoms with E-state index in [1.165, 1.54) is 11.9 Å². The van der Waals surface area contributed by atoms with Crippen LogP contribution in [-0.4, -0.2) is 35.4 Å².